The lowest BCUT2D eigenvalue weighted by Crippen LogP contribution is -1.91. The number of hydrogen-bond acceptors (Lipinski definition) is 2. The molecule has 60 valence electrons. The van der Waals surface area contributed by atoms with Gasteiger partial charge in [0.05, 0.1) is 6.61 Å². The van der Waals surface area contributed by atoms with Gasteiger partial charge in [-0.15, -0.1) is 0 Å². The van der Waals surface area contributed by atoms with Crippen LogP contribution in [-0.2, 0) is 11.3 Å². The van der Waals surface area contributed by atoms with E-state index in [-0.39, 0.29) is 0 Å². The third-order valence-electron chi connectivity index (χ3n) is 1.53. The van der Waals surface area contributed by atoms with E-state index < -0.39 is 0 Å². The van der Waals surface area contributed by atoms with Crippen molar-refractivity contribution < 1.29 is 4.74 Å². The van der Waals surface area contributed by atoms with Crippen LogP contribution in [0, 0.1) is 0 Å². The van der Waals surface area contributed by atoms with Gasteiger partial charge in [0.1, 0.15) is 0 Å². The summed E-state index contributed by atoms with van der Waals surface area (Å²) in [5.74, 6) is 0. The monoisotopic (exact) mass is 151 g/mol. The van der Waals surface area contributed by atoms with Crippen molar-refractivity contribution in [2.75, 3.05) is 19.5 Å². The van der Waals surface area contributed by atoms with Crippen LogP contribution in [0.1, 0.15) is 5.56 Å². The molecule has 0 aliphatic carbocycles. The second-order valence-corrected chi connectivity index (χ2v) is 2.38. The number of ether oxygens (including phenoxy) is 1. The molecule has 0 aromatic heterocycles. The molecule has 0 heterocycles. The molecule has 0 unspecified atom stereocenters. The number of benzene rings is 1. The molecule has 0 radical (unpaired) electrons. The summed E-state index contributed by atoms with van der Waals surface area (Å²) < 4.78 is 5.00. The number of nitrogens with one attached hydrogen (secondary N) is 1. The first-order chi connectivity index (χ1) is 5.36. The average Bonchev–Trinajstić information content (AvgIpc) is 2.06. The second kappa shape index (κ2) is 3.98. The largest absolute Gasteiger partial charge is 0.388 e. The van der Waals surface area contributed by atoms with E-state index in [0.29, 0.717) is 6.61 Å². The van der Waals surface area contributed by atoms with Crippen LogP contribution in [0.5, 0.6) is 0 Å². The van der Waals surface area contributed by atoms with Crippen LogP contribution >= 0.6 is 0 Å². The number of rotatable bonds is 3. The minimum absolute atomic E-state index is 0.676. The van der Waals surface area contributed by atoms with Crippen molar-refractivity contribution in [1.82, 2.24) is 0 Å². The lowest BCUT2D eigenvalue weighted by Gasteiger charge is -2.02. The topological polar surface area (TPSA) is 21.3 Å². The highest BCUT2D eigenvalue weighted by atomic mass is 16.5. The summed E-state index contributed by atoms with van der Waals surface area (Å²) in [6.45, 7) is 0.676. The third kappa shape index (κ3) is 2.24. The quantitative estimate of drug-likeness (QED) is 0.712. The molecular formula is C9H13NO. The van der Waals surface area contributed by atoms with Crippen molar-refractivity contribution in [3.63, 3.8) is 0 Å². The molecule has 1 aromatic rings. The summed E-state index contributed by atoms with van der Waals surface area (Å²) >= 11 is 0. The van der Waals surface area contributed by atoms with Crippen molar-refractivity contribution in [2.24, 2.45) is 0 Å². The Balaban J connectivity index is 2.74. The zero-order chi connectivity index (χ0) is 8.10. The molecule has 1 N–H and O–H groups in total. The van der Waals surface area contributed by atoms with Crippen molar-refractivity contribution in [3.8, 4) is 0 Å². The summed E-state index contributed by atoms with van der Waals surface area (Å²) in [5.41, 5.74) is 2.32. The molecule has 0 aliphatic rings. The molecule has 11 heavy (non-hydrogen) atoms. The maximum Gasteiger partial charge on any atom is 0.0713 e. The highest BCUT2D eigenvalue weighted by Gasteiger charge is 1.91. The van der Waals surface area contributed by atoms with Gasteiger partial charge in [-0.2, -0.15) is 0 Å². The third-order valence-corrected chi connectivity index (χ3v) is 1.53. The fraction of sp³-hybridized carbons (Fsp3) is 0.333. The Morgan fingerprint density at radius 2 is 2.27 bits per heavy atom. The van der Waals surface area contributed by atoms with Crippen molar-refractivity contribution in [2.45, 2.75) is 6.61 Å². The lowest BCUT2D eigenvalue weighted by molar-refractivity contribution is 0.185. The molecule has 0 atom stereocenters. The molecular weight excluding hydrogens is 138 g/mol. The van der Waals surface area contributed by atoms with E-state index in [4.69, 9.17) is 4.74 Å². The van der Waals surface area contributed by atoms with Crippen molar-refractivity contribution in [1.29, 1.82) is 0 Å². The van der Waals surface area contributed by atoms with Gasteiger partial charge in [-0.3, -0.25) is 0 Å². The van der Waals surface area contributed by atoms with Crippen LogP contribution in [0.15, 0.2) is 24.3 Å². The molecule has 0 aliphatic heterocycles. The lowest BCUT2D eigenvalue weighted by atomic mass is 10.2. The van der Waals surface area contributed by atoms with Crippen molar-refractivity contribution >= 4 is 5.69 Å². The zero-order valence-electron chi connectivity index (χ0n) is 6.92. The van der Waals surface area contributed by atoms with Crippen LogP contribution < -0.4 is 5.32 Å². The normalized spacial score (nSPS) is 9.64. The van der Waals surface area contributed by atoms with Gasteiger partial charge in [-0.25, -0.2) is 0 Å². The van der Waals surface area contributed by atoms with Gasteiger partial charge in [0.15, 0.2) is 0 Å². The first-order valence-corrected chi connectivity index (χ1v) is 3.62. The minimum atomic E-state index is 0.676. The summed E-state index contributed by atoms with van der Waals surface area (Å²) in [7, 11) is 3.61. The van der Waals surface area contributed by atoms with E-state index in [2.05, 4.69) is 11.4 Å². The van der Waals surface area contributed by atoms with Crippen LogP contribution in [0.4, 0.5) is 5.69 Å². The van der Waals surface area contributed by atoms with E-state index in [9.17, 15) is 0 Å². The minimum Gasteiger partial charge on any atom is -0.388 e. The van der Waals surface area contributed by atoms with Gasteiger partial charge in [-0.05, 0) is 17.7 Å². The Morgan fingerprint density at radius 1 is 1.45 bits per heavy atom. The molecule has 0 saturated heterocycles. The standard InChI is InChI=1S/C9H13NO/c1-10-9-5-3-4-8(6-9)7-11-2/h3-6,10H,7H2,1-2H3. The molecule has 2 nitrogen and oxygen atoms in total. The molecule has 0 fully saturated rings. The maximum atomic E-state index is 5.00. The van der Waals surface area contributed by atoms with Gasteiger partial charge in [0.2, 0.25) is 0 Å². The Bertz CT molecular complexity index is 223. The predicted molar refractivity (Wildman–Crippen MR) is 46.7 cm³/mol. The summed E-state index contributed by atoms with van der Waals surface area (Å²) in [5, 5.41) is 3.07. The number of anilines is 1. The second-order valence-electron chi connectivity index (χ2n) is 2.38. The smallest absolute Gasteiger partial charge is 0.0713 e. The molecule has 1 aromatic carbocycles. The fourth-order valence-electron chi connectivity index (χ4n) is 0.983. The van der Waals surface area contributed by atoms with Crippen LogP contribution in [0.3, 0.4) is 0 Å². The van der Waals surface area contributed by atoms with E-state index >= 15 is 0 Å². The van der Waals surface area contributed by atoms with E-state index in [0.717, 1.165) is 5.69 Å². The Morgan fingerprint density at radius 3 is 2.91 bits per heavy atom. The van der Waals surface area contributed by atoms with Crippen LogP contribution in [-0.4, -0.2) is 14.2 Å². The van der Waals surface area contributed by atoms with Crippen LogP contribution in [0.2, 0.25) is 0 Å². The summed E-state index contributed by atoms with van der Waals surface area (Å²) in [6.07, 6.45) is 0. The predicted octanol–water partition coefficient (Wildman–Crippen LogP) is 1.87. The highest BCUT2D eigenvalue weighted by Crippen LogP contribution is 2.09. The molecule has 0 spiro atoms. The van der Waals surface area contributed by atoms with E-state index in [1.807, 2.05) is 25.2 Å². The molecule has 0 bridgehead atoms. The highest BCUT2D eigenvalue weighted by molar-refractivity contribution is 5.44. The molecule has 0 amide bonds. The van der Waals surface area contributed by atoms with Gasteiger partial charge in [-0.1, -0.05) is 12.1 Å². The van der Waals surface area contributed by atoms with Gasteiger partial charge in [0.25, 0.3) is 0 Å². The van der Waals surface area contributed by atoms with E-state index in [1.54, 1.807) is 7.11 Å². The van der Waals surface area contributed by atoms with E-state index in [1.165, 1.54) is 5.56 Å². The maximum absolute atomic E-state index is 5.00. The Hall–Kier alpha value is -1.02. The van der Waals surface area contributed by atoms with Gasteiger partial charge >= 0.3 is 0 Å². The van der Waals surface area contributed by atoms with Crippen LogP contribution in [0.25, 0.3) is 0 Å². The zero-order valence-corrected chi connectivity index (χ0v) is 6.92. The summed E-state index contributed by atoms with van der Waals surface area (Å²) in [4.78, 5) is 0. The number of hydrogen-bond donors (Lipinski definition) is 1. The summed E-state index contributed by atoms with van der Waals surface area (Å²) in [6, 6.07) is 8.16. The molecule has 1 rings (SSSR count). The molecule has 2 heteroatoms. The Kier molecular flexibility index (Phi) is 2.93. The molecule has 0 saturated carbocycles. The SMILES string of the molecule is CNc1cccc(COC)c1. The van der Waals surface area contributed by atoms with Gasteiger partial charge < -0.3 is 10.1 Å². The van der Waals surface area contributed by atoms with Gasteiger partial charge in [0, 0.05) is 19.8 Å². The average molecular weight is 151 g/mol. The number of methoxy groups -OCH3 is 1. The first-order valence-electron chi connectivity index (χ1n) is 3.62. The first kappa shape index (κ1) is 8.08. The van der Waals surface area contributed by atoms with Crippen molar-refractivity contribution in [3.05, 3.63) is 29.8 Å². The fourth-order valence-corrected chi connectivity index (χ4v) is 0.983. The Labute approximate surface area is 67.2 Å².